The zero-order valence-electron chi connectivity index (χ0n) is 15.1. The second-order valence-corrected chi connectivity index (χ2v) is 8.59. The van der Waals surface area contributed by atoms with Crippen LogP contribution in [0.2, 0.25) is 0 Å². The number of thioether (sulfide) groups is 1. The molecule has 0 radical (unpaired) electrons. The summed E-state index contributed by atoms with van der Waals surface area (Å²) in [6.45, 7) is 6.39. The van der Waals surface area contributed by atoms with E-state index in [4.69, 9.17) is 4.74 Å². The number of likely N-dealkylation sites (N-methyl/N-ethyl adjacent to an activating group) is 1. The van der Waals surface area contributed by atoms with Crippen LogP contribution in [0.4, 0.5) is 4.79 Å². The highest BCUT2D eigenvalue weighted by Crippen LogP contribution is 2.43. The number of aromatic nitrogens is 1. The van der Waals surface area contributed by atoms with Gasteiger partial charge in [0.15, 0.2) is 0 Å². The van der Waals surface area contributed by atoms with Crippen LogP contribution in [0.25, 0.3) is 10.9 Å². The number of nitrogens with zero attached hydrogens (tertiary/aromatic N) is 2. The van der Waals surface area contributed by atoms with Gasteiger partial charge in [-0.3, -0.25) is 0 Å². The van der Waals surface area contributed by atoms with Gasteiger partial charge in [-0.2, -0.15) is 0 Å². The minimum atomic E-state index is -0.460. The zero-order valence-corrected chi connectivity index (χ0v) is 15.9. The summed E-state index contributed by atoms with van der Waals surface area (Å²) < 4.78 is 7.79. The predicted molar refractivity (Wildman–Crippen MR) is 99.9 cm³/mol. The van der Waals surface area contributed by atoms with Crippen LogP contribution in [0.5, 0.6) is 0 Å². The number of benzene rings is 1. The summed E-state index contributed by atoms with van der Waals surface area (Å²) in [5.41, 5.74) is 2.16. The summed E-state index contributed by atoms with van der Waals surface area (Å²) in [5, 5.41) is 1.32. The lowest BCUT2D eigenvalue weighted by Gasteiger charge is -2.30. The first-order valence-corrected chi connectivity index (χ1v) is 9.40. The van der Waals surface area contributed by atoms with Crippen molar-refractivity contribution >= 4 is 28.8 Å². The summed E-state index contributed by atoms with van der Waals surface area (Å²) in [5.74, 6) is 1.43. The highest BCUT2D eigenvalue weighted by molar-refractivity contribution is 7.99. The van der Waals surface area contributed by atoms with Crippen molar-refractivity contribution in [1.82, 2.24) is 9.47 Å². The van der Waals surface area contributed by atoms with Gasteiger partial charge in [-0.25, -0.2) is 4.79 Å². The molecular formula is C19H26N2O2S. The molecule has 5 heteroatoms. The standard InChI is InChI=1S/C19H26N2O2S/c1-19(2,3)23-18(22)20(4)12-13-10-11-24-17-14-8-6-7-9-15(14)21(5)16(13)17/h6-9,13H,10-12H2,1-5H3. The Hall–Kier alpha value is -1.62. The molecule has 1 aromatic carbocycles. The summed E-state index contributed by atoms with van der Waals surface area (Å²) in [6.07, 6.45) is 0.829. The number of ether oxygens (including phenoxy) is 1. The van der Waals surface area contributed by atoms with E-state index in [0.717, 1.165) is 12.2 Å². The summed E-state index contributed by atoms with van der Waals surface area (Å²) in [4.78, 5) is 15.4. The Morgan fingerprint density at radius 1 is 1.38 bits per heavy atom. The molecule has 2 aromatic rings. The first-order chi connectivity index (χ1) is 11.3. The topological polar surface area (TPSA) is 34.5 Å². The Labute approximate surface area is 148 Å². The van der Waals surface area contributed by atoms with Crippen LogP contribution in [0.1, 0.15) is 38.8 Å². The largest absolute Gasteiger partial charge is 0.444 e. The normalized spacial score (nSPS) is 17.6. The van der Waals surface area contributed by atoms with Crippen molar-refractivity contribution in [2.75, 3.05) is 19.3 Å². The molecular weight excluding hydrogens is 320 g/mol. The number of para-hydroxylation sites is 1. The molecule has 0 saturated carbocycles. The Balaban J connectivity index is 1.86. The van der Waals surface area contributed by atoms with Crippen molar-refractivity contribution < 1.29 is 9.53 Å². The van der Waals surface area contributed by atoms with E-state index in [9.17, 15) is 4.79 Å². The maximum atomic E-state index is 12.3. The quantitative estimate of drug-likeness (QED) is 0.795. The molecule has 3 rings (SSSR count). The third-order valence-electron chi connectivity index (χ3n) is 4.40. The number of hydrogen-bond acceptors (Lipinski definition) is 3. The number of fused-ring (bicyclic) bond motifs is 3. The Morgan fingerprint density at radius 2 is 2.08 bits per heavy atom. The van der Waals surface area contributed by atoms with Crippen LogP contribution >= 0.6 is 11.8 Å². The van der Waals surface area contributed by atoms with E-state index in [0.29, 0.717) is 12.5 Å². The average molecular weight is 346 g/mol. The number of amides is 1. The SMILES string of the molecule is CN(CC1CCSc2c1n(C)c1ccccc21)C(=O)OC(C)(C)C. The van der Waals surface area contributed by atoms with Gasteiger partial charge in [-0.1, -0.05) is 18.2 Å². The van der Waals surface area contributed by atoms with Crippen molar-refractivity contribution in [1.29, 1.82) is 0 Å². The first-order valence-electron chi connectivity index (χ1n) is 8.42. The fraction of sp³-hybridized carbons (Fsp3) is 0.526. The maximum Gasteiger partial charge on any atom is 0.410 e. The third-order valence-corrected chi connectivity index (χ3v) is 5.56. The van der Waals surface area contributed by atoms with Crippen LogP contribution in [-0.4, -0.2) is 40.5 Å². The third kappa shape index (κ3) is 3.27. The minimum Gasteiger partial charge on any atom is -0.444 e. The van der Waals surface area contributed by atoms with Gasteiger partial charge in [0.25, 0.3) is 0 Å². The molecule has 0 spiro atoms. The van der Waals surface area contributed by atoms with Crippen LogP contribution < -0.4 is 0 Å². The van der Waals surface area contributed by atoms with E-state index in [1.54, 1.807) is 4.90 Å². The summed E-state index contributed by atoms with van der Waals surface area (Å²) in [7, 11) is 3.96. The van der Waals surface area contributed by atoms with Crippen molar-refractivity contribution in [3.63, 3.8) is 0 Å². The van der Waals surface area contributed by atoms with Gasteiger partial charge in [0.2, 0.25) is 0 Å². The molecule has 1 aromatic heterocycles. The lowest BCUT2D eigenvalue weighted by atomic mass is 10.0. The summed E-state index contributed by atoms with van der Waals surface area (Å²) >= 11 is 1.93. The molecule has 0 bridgehead atoms. The Bertz CT molecular complexity index is 761. The number of rotatable bonds is 2. The molecule has 0 saturated heterocycles. The minimum absolute atomic E-state index is 0.249. The highest BCUT2D eigenvalue weighted by Gasteiger charge is 2.30. The number of hydrogen-bond donors (Lipinski definition) is 0. The fourth-order valence-corrected chi connectivity index (χ4v) is 4.74. The molecule has 4 nitrogen and oxygen atoms in total. The molecule has 130 valence electrons. The molecule has 1 aliphatic rings. The van der Waals surface area contributed by atoms with Gasteiger partial charge in [-0.15, -0.1) is 11.8 Å². The van der Waals surface area contributed by atoms with Crippen molar-refractivity contribution in [2.45, 2.75) is 43.6 Å². The van der Waals surface area contributed by atoms with Crippen molar-refractivity contribution in [2.24, 2.45) is 7.05 Å². The Kier molecular flexibility index (Phi) is 4.56. The van der Waals surface area contributed by atoms with Gasteiger partial charge < -0.3 is 14.2 Å². The molecule has 1 amide bonds. The van der Waals surface area contributed by atoms with Crippen LogP contribution in [0.15, 0.2) is 29.2 Å². The van der Waals surface area contributed by atoms with Crippen molar-refractivity contribution in [3.05, 3.63) is 30.0 Å². The molecule has 2 heterocycles. The van der Waals surface area contributed by atoms with Gasteiger partial charge in [0, 0.05) is 48.1 Å². The number of aryl methyl sites for hydroxylation is 1. The fourth-order valence-electron chi connectivity index (χ4n) is 3.35. The molecule has 1 aliphatic heterocycles. The van der Waals surface area contributed by atoms with Crippen LogP contribution in [0.3, 0.4) is 0 Å². The molecule has 0 fully saturated rings. The van der Waals surface area contributed by atoms with Gasteiger partial charge >= 0.3 is 6.09 Å². The summed E-state index contributed by atoms with van der Waals surface area (Å²) in [6, 6.07) is 8.55. The van der Waals surface area contributed by atoms with E-state index < -0.39 is 5.60 Å². The van der Waals surface area contributed by atoms with E-state index in [1.165, 1.54) is 21.5 Å². The van der Waals surface area contributed by atoms with E-state index in [2.05, 4.69) is 35.9 Å². The van der Waals surface area contributed by atoms with Gasteiger partial charge in [0.05, 0.1) is 0 Å². The second kappa shape index (κ2) is 6.36. The van der Waals surface area contributed by atoms with E-state index in [1.807, 2.05) is 39.6 Å². The zero-order chi connectivity index (χ0) is 17.5. The molecule has 0 aliphatic carbocycles. The molecule has 1 atom stereocenters. The molecule has 1 unspecified atom stereocenters. The highest BCUT2D eigenvalue weighted by atomic mass is 32.2. The van der Waals surface area contributed by atoms with Crippen LogP contribution in [0, 0.1) is 0 Å². The van der Waals surface area contributed by atoms with Gasteiger partial charge in [0.1, 0.15) is 5.60 Å². The Morgan fingerprint density at radius 3 is 2.79 bits per heavy atom. The van der Waals surface area contributed by atoms with Crippen molar-refractivity contribution in [3.8, 4) is 0 Å². The monoisotopic (exact) mass is 346 g/mol. The second-order valence-electron chi connectivity index (χ2n) is 7.49. The average Bonchev–Trinajstić information content (AvgIpc) is 2.80. The van der Waals surface area contributed by atoms with Gasteiger partial charge in [-0.05, 0) is 39.0 Å². The number of carbonyl (C=O) groups is 1. The number of carbonyl (C=O) groups excluding carboxylic acids is 1. The van der Waals surface area contributed by atoms with E-state index in [-0.39, 0.29) is 6.09 Å². The van der Waals surface area contributed by atoms with E-state index >= 15 is 0 Å². The van der Waals surface area contributed by atoms with Crippen LogP contribution in [-0.2, 0) is 11.8 Å². The predicted octanol–water partition coefficient (Wildman–Crippen LogP) is 4.62. The lowest BCUT2D eigenvalue weighted by molar-refractivity contribution is 0.0286. The molecule has 0 N–H and O–H groups in total. The maximum absolute atomic E-state index is 12.3. The molecule has 24 heavy (non-hydrogen) atoms. The lowest BCUT2D eigenvalue weighted by Crippen LogP contribution is -2.37. The smallest absolute Gasteiger partial charge is 0.410 e. The first kappa shape index (κ1) is 17.2.